The van der Waals surface area contributed by atoms with Crippen molar-refractivity contribution in [1.29, 1.82) is 0 Å². The van der Waals surface area contributed by atoms with E-state index >= 15 is 0 Å². The van der Waals surface area contributed by atoms with Crippen molar-refractivity contribution in [2.75, 3.05) is 39.6 Å². The highest BCUT2D eigenvalue weighted by molar-refractivity contribution is 6.32. The van der Waals surface area contributed by atoms with Crippen molar-refractivity contribution in [1.82, 2.24) is 10.2 Å². The zero-order chi connectivity index (χ0) is 15.8. The lowest BCUT2D eigenvalue weighted by Gasteiger charge is -2.11. The van der Waals surface area contributed by atoms with E-state index in [4.69, 9.17) is 16.3 Å². The van der Waals surface area contributed by atoms with Gasteiger partial charge in [0.1, 0.15) is 12.2 Å². The fraction of sp³-hybridized carbons (Fsp3) is 0.429. The number of rotatable bonds is 7. The standard InChI is InChI=1S/C14H20ClN3O3/c1-18(2)7-6-16-13(19)9-14(20)17-10-4-5-12(21-3)11(15)8-10/h4-5,8H,6-7,9H2,1-3H3,(H,16,19)(H,17,20). The number of halogens is 1. The van der Waals surface area contributed by atoms with E-state index in [0.29, 0.717) is 23.0 Å². The minimum atomic E-state index is -0.390. The number of amides is 2. The number of ether oxygens (including phenoxy) is 1. The quantitative estimate of drug-likeness (QED) is 0.746. The van der Waals surface area contributed by atoms with Crippen LogP contribution in [0.25, 0.3) is 0 Å². The van der Waals surface area contributed by atoms with Gasteiger partial charge in [-0.25, -0.2) is 0 Å². The van der Waals surface area contributed by atoms with E-state index in [9.17, 15) is 9.59 Å². The normalized spacial score (nSPS) is 10.3. The van der Waals surface area contributed by atoms with Gasteiger partial charge in [-0.3, -0.25) is 9.59 Å². The smallest absolute Gasteiger partial charge is 0.233 e. The van der Waals surface area contributed by atoms with Gasteiger partial charge in [-0.05, 0) is 32.3 Å². The fourth-order valence-electron chi connectivity index (χ4n) is 1.58. The summed E-state index contributed by atoms with van der Waals surface area (Å²) in [4.78, 5) is 25.2. The van der Waals surface area contributed by atoms with Gasteiger partial charge in [-0.1, -0.05) is 11.6 Å². The highest BCUT2D eigenvalue weighted by Gasteiger charge is 2.10. The molecule has 0 fully saturated rings. The van der Waals surface area contributed by atoms with Crippen LogP contribution in [-0.2, 0) is 9.59 Å². The van der Waals surface area contributed by atoms with Crippen LogP contribution in [0.1, 0.15) is 6.42 Å². The molecule has 0 saturated carbocycles. The van der Waals surface area contributed by atoms with E-state index in [2.05, 4.69) is 10.6 Å². The summed E-state index contributed by atoms with van der Waals surface area (Å²) in [6, 6.07) is 4.88. The number of benzene rings is 1. The number of hydrogen-bond donors (Lipinski definition) is 2. The number of nitrogens with one attached hydrogen (secondary N) is 2. The first-order chi connectivity index (χ1) is 9.92. The van der Waals surface area contributed by atoms with Gasteiger partial charge in [0, 0.05) is 18.8 Å². The maximum Gasteiger partial charge on any atom is 0.233 e. The van der Waals surface area contributed by atoms with Crippen molar-refractivity contribution in [2.24, 2.45) is 0 Å². The number of carbonyl (C=O) groups is 2. The second kappa shape index (κ2) is 8.49. The van der Waals surface area contributed by atoms with E-state index in [0.717, 1.165) is 6.54 Å². The van der Waals surface area contributed by atoms with E-state index in [1.165, 1.54) is 7.11 Å². The van der Waals surface area contributed by atoms with Crippen LogP contribution in [0, 0.1) is 0 Å². The molecule has 0 aliphatic carbocycles. The van der Waals surface area contributed by atoms with E-state index in [-0.39, 0.29) is 12.3 Å². The van der Waals surface area contributed by atoms with Crippen molar-refractivity contribution in [3.8, 4) is 5.75 Å². The van der Waals surface area contributed by atoms with Crippen LogP contribution >= 0.6 is 11.6 Å². The molecule has 0 aromatic heterocycles. The minimum Gasteiger partial charge on any atom is -0.495 e. The number of hydrogen-bond acceptors (Lipinski definition) is 4. The summed E-state index contributed by atoms with van der Waals surface area (Å²) in [6.45, 7) is 1.23. The SMILES string of the molecule is COc1ccc(NC(=O)CC(=O)NCCN(C)C)cc1Cl. The molecule has 1 aromatic carbocycles. The Morgan fingerprint density at radius 1 is 1.29 bits per heavy atom. The predicted octanol–water partition coefficient (Wildman–Crippen LogP) is 1.36. The van der Waals surface area contributed by atoms with Crippen molar-refractivity contribution in [3.63, 3.8) is 0 Å². The lowest BCUT2D eigenvalue weighted by atomic mass is 10.3. The highest BCUT2D eigenvalue weighted by atomic mass is 35.5. The average molecular weight is 314 g/mol. The summed E-state index contributed by atoms with van der Waals surface area (Å²) >= 11 is 5.96. The predicted molar refractivity (Wildman–Crippen MR) is 82.8 cm³/mol. The molecule has 0 aliphatic heterocycles. The zero-order valence-corrected chi connectivity index (χ0v) is 13.2. The fourth-order valence-corrected chi connectivity index (χ4v) is 1.83. The molecule has 7 heteroatoms. The number of anilines is 1. The van der Waals surface area contributed by atoms with Crippen LogP contribution < -0.4 is 15.4 Å². The molecular weight excluding hydrogens is 294 g/mol. The molecule has 0 heterocycles. The second-order valence-corrected chi connectivity index (χ2v) is 5.13. The van der Waals surface area contributed by atoms with Crippen molar-refractivity contribution < 1.29 is 14.3 Å². The van der Waals surface area contributed by atoms with Gasteiger partial charge in [-0.15, -0.1) is 0 Å². The van der Waals surface area contributed by atoms with E-state index in [1.54, 1.807) is 18.2 Å². The lowest BCUT2D eigenvalue weighted by Crippen LogP contribution is -2.33. The van der Waals surface area contributed by atoms with Crippen LogP contribution in [0.5, 0.6) is 5.75 Å². The molecule has 0 radical (unpaired) electrons. The molecule has 0 atom stereocenters. The lowest BCUT2D eigenvalue weighted by molar-refractivity contribution is -0.126. The van der Waals surface area contributed by atoms with Gasteiger partial charge in [0.2, 0.25) is 11.8 Å². The number of likely N-dealkylation sites (N-methyl/N-ethyl adjacent to an activating group) is 1. The topological polar surface area (TPSA) is 70.7 Å². The molecule has 2 N–H and O–H groups in total. The monoisotopic (exact) mass is 313 g/mol. The number of nitrogens with zero attached hydrogens (tertiary/aromatic N) is 1. The largest absolute Gasteiger partial charge is 0.495 e. The molecule has 6 nitrogen and oxygen atoms in total. The van der Waals surface area contributed by atoms with Crippen LogP contribution in [0.3, 0.4) is 0 Å². The molecule has 2 amide bonds. The molecule has 21 heavy (non-hydrogen) atoms. The molecule has 0 aliphatic rings. The molecule has 0 bridgehead atoms. The first-order valence-corrected chi connectivity index (χ1v) is 6.85. The minimum absolute atomic E-state index is 0.225. The summed E-state index contributed by atoms with van der Waals surface area (Å²) in [7, 11) is 5.33. The van der Waals surface area contributed by atoms with Gasteiger partial charge in [0.25, 0.3) is 0 Å². The molecular formula is C14H20ClN3O3. The summed E-state index contributed by atoms with van der Waals surface area (Å²) in [5, 5.41) is 5.68. The first-order valence-electron chi connectivity index (χ1n) is 6.47. The van der Waals surface area contributed by atoms with Gasteiger partial charge in [-0.2, -0.15) is 0 Å². The molecule has 116 valence electrons. The summed E-state index contributed by atoms with van der Waals surface area (Å²) in [5.41, 5.74) is 0.520. The Hall–Kier alpha value is -1.79. The van der Waals surface area contributed by atoms with Crippen molar-refractivity contribution >= 4 is 29.1 Å². The van der Waals surface area contributed by atoms with E-state index < -0.39 is 5.91 Å². The molecule has 0 unspecified atom stereocenters. The Kier molecular flexibility index (Phi) is 6.98. The Morgan fingerprint density at radius 3 is 2.57 bits per heavy atom. The van der Waals surface area contributed by atoms with Crippen LogP contribution in [-0.4, -0.2) is 51.0 Å². The summed E-state index contributed by atoms with van der Waals surface area (Å²) in [6.07, 6.45) is -0.225. The number of methoxy groups -OCH3 is 1. The van der Waals surface area contributed by atoms with Crippen LogP contribution in [0.15, 0.2) is 18.2 Å². The molecule has 1 rings (SSSR count). The van der Waals surface area contributed by atoms with Gasteiger partial charge in [0.15, 0.2) is 0 Å². The highest BCUT2D eigenvalue weighted by Crippen LogP contribution is 2.27. The second-order valence-electron chi connectivity index (χ2n) is 4.73. The number of carbonyl (C=O) groups excluding carboxylic acids is 2. The summed E-state index contributed by atoms with van der Waals surface area (Å²) in [5.74, 6) is -0.177. The van der Waals surface area contributed by atoms with Gasteiger partial charge >= 0.3 is 0 Å². The maximum atomic E-state index is 11.7. The average Bonchev–Trinajstić information content (AvgIpc) is 2.38. The Balaban J connectivity index is 2.43. The maximum absolute atomic E-state index is 11.7. The zero-order valence-electron chi connectivity index (χ0n) is 12.4. The van der Waals surface area contributed by atoms with Crippen LogP contribution in [0.2, 0.25) is 5.02 Å². The summed E-state index contributed by atoms with van der Waals surface area (Å²) < 4.78 is 5.02. The first kappa shape index (κ1) is 17.3. The van der Waals surface area contributed by atoms with Crippen molar-refractivity contribution in [2.45, 2.75) is 6.42 Å². The van der Waals surface area contributed by atoms with Crippen molar-refractivity contribution in [3.05, 3.63) is 23.2 Å². The van der Waals surface area contributed by atoms with Gasteiger partial charge in [0.05, 0.1) is 12.1 Å². The third-order valence-electron chi connectivity index (χ3n) is 2.64. The molecule has 0 spiro atoms. The van der Waals surface area contributed by atoms with Gasteiger partial charge < -0.3 is 20.3 Å². The third-order valence-corrected chi connectivity index (χ3v) is 2.93. The van der Waals surface area contributed by atoms with E-state index in [1.807, 2.05) is 19.0 Å². The Labute approximate surface area is 129 Å². The molecule has 0 saturated heterocycles. The third kappa shape index (κ3) is 6.46. The Morgan fingerprint density at radius 2 is 2.00 bits per heavy atom. The Bertz CT molecular complexity index is 506. The van der Waals surface area contributed by atoms with Crippen LogP contribution in [0.4, 0.5) is 5.69 Å². The molecule has 1 aromatic rings.